The van der Waals surface area contributed by atoms with Crippen LogP contribution in [-0.4, -0.2) is 43.6 Å². The Morgan fingerprint density at radius 3 is 2.83 bits per heavy atom. The number of carbonyl (C=O) groups is 1. The van der Waals surface area contributed by atoms with Gasteiger partial charge in [0, 0.05) is 48.5 Å². The Labute approximate surface area is 175 Å². The van der Waals surface area contributed by atoms with Crippen LogP contribution in [0, 0.1) is 5.92 Å². The molecule has 1 aliphatic heterocycles. The third-order valence-corrected chi connectivity index (χ3v) is 6.06. The standard InChI is InChI=1S/C24H25N5O/c30-24(19-6-2-1-3-7-19)28-10-4-5-18(8-11-28)17-29-12-9-20-13-22(25-16-23(20)29)21-14-26-27-15-21/h1-3,6-7,9,12-16,18H,4-5,8,10-11,17H2,(H,26,27). The van der Waals surface area contributed by atoms with Crippen molar-refractivity contribution >= 4 is 16.8 Å². The van der Waals surface area contributed by atoms with Gasteiger partial charge in [0.05, 0.1) is 23.6 Å². The van der Waals surface area contributed by atoms with Crippen molar-refractivity contribution in [3.05, 3.63) is 72.8 Å². The lowest BCUT2D eigenvalue weighted by Gasteiger charge is -2.21. The van der Waals surface area contributed by atoms with Gasteiger partial charge in [-0.05, 0) is 49.4 Å². The molecule has 1 atom stereocenters. The number of aromatic nitrogens is 4. The van der Waals surface area contributed by atoms with Crippen LogP contribution >= 0.6 is 0 Å². The van der Waals surface area contributed by atoms with Crippen molar-refractivity contribution in [1.82, 2.24) is 24.6 Å². The summed E-state index contributed by atoms with van der Waals surface area (Å²) in [4.78, 5) is 19.4. The number of H-pyrrole nitrogens is 1. The van der Waals surface area contributed by atoms with Gasteiger partial charge in [-0.15, -0.1) is 0 Å². The summed E-state index contributed by atoms with van der Waals surface area (Å²) in [6, 6.07) is 13.9. The van der Waals surface area contributed by atoms with E-state index in [9.17, 15) is 4.79 Å². The number of rotatable bonds is 4. The molecule has 4 aromatic rings. The van der Waals surface area contributed by atoms with Crippen molar-refractivity contribution in [3.63, 3.8) is 0 Å². The fourth-order valence-corrected chi connectivity index (χ4v) is 4.39. The Morgan fingerprint density at radius 2 is 2.00 bits per heavy atom. The molecule has 0 radical (unpaired) electrons. The lowest BCUT2D eigenvalue weighted by Crippen LogP contribution is -2.32. The smallest absolute Gasteiger partial charge is 0.253 e. The lowest BCUT2D eigenvalue weighted by atomic mass is 10.0. The molecule has 0 spiro atoms. The van der Waals surface area contributed by atoms with Gasteiger partial charge in [-0.3, -0.25) is 14.9 Å². The normalized spacial score (nSPS) is 17.2. The summed E-state index contributed by atoms with van der Waals surface area (Å²) < 4.78 is 2.31. The summed E-state index contributed by atoms with van der Waals surface area (Å²) in [5, 5.41) is 8.04. The third kappa shape index (κ3) is 3.73. The first kappa shape index (κ1) is 18.6. The number of amides is 1. The van der Waals surface area contributed by atoms with Crippen molar-refractivity contribution in [2.45, 2.75) is 25.8 Å². The number of hydrogen-bond acceptors (Lipinski definition) is 3. The Kier molecular flexibility index (Phi) is 5.05. The van der Waals surface area contributed by atoms with Gasteiger partial charge < -0.3 is 9.47 Å². The molecule has 1 unspecified atom stereocenters. The topological polar surface area (TPSA) is 66.8 Å². The van der Waals surface area contributed by atoms with Gasteiger partial charge in [0.2, 0.25) is 0 Å². The van der Waals surface area contributed by atoms with Crippen LogP contribution < -0.4 is 0 Å². The molecule has 1 aliphatic rings. The molecule has 6 heteroatoms. The molecule has 0 bridgehead atoms. The van der Waals surface area contributed by atoms with Crippen molar-refractivity contribution in [1.29, 1.82) is 0 Å². The summed E-state index contributed by atoms with van der Waals surface area (Å²) in [6.07, 6.45) is 11.0. The largest absolute Gasteiger partial charge is 0.346 e. The van der Waals surface area contributed by atoms with Crippen LogP contribution in [0.25, 0.3) is 22.2 Å². The van der Waals surface area contributed by atoms with Crippen LogP contribution in [0.4, 0.5) is 0 Å². The summed E-state index contributed by atoms with van der Waals surface area (Å²) in [5.41, 5.74) is 3.87. The average Bonchev–Trinajstić information content (AvgIpc) is 3.40. The molecular weight excluding hydrogens is 374 g/mol. The van der Waals surface area contributed by atoms with E-state index in [2.05, 4.69) is 38.1 Å². The van der Waals surface area contributed by atoms with E-state index in [0.717, 1.165) is 61.2 Å². The predicted octanol–water partition coefficient (Wildman–Crippen LogP) is 4.37. The summed E-state index contributed by atoms with van der Waals surface area (Å²) >= 11 is 0. The molecular formula is C24H25N5O. The monoisotopic (exact) mass is 399 g/mol. The van der Waals surface area contributed by atoms with E-state index in [-0.39, 0.29) is 5.91 Å². The van der Waals surface area contributed by atoms with Gasteiger partial charge in [0.1, 0.15) is 0 Å². The highest BCUT2D eigenvalue weighted by Gasteiger charge is 2.22. The number of nitrogens with one attached hydrogen (secondary N) is 1. The van der Waals surface area contributed by atoms with Gasteiger partial charge in [-0.2, -0.15) is 5.10 Å². The van der Waals surface area contributed by atoms with Crippen molar-refractivity contribution in [3.8, 4) is 11.3 Å². The molecule has 6 nitrogen and oxygen atoms in total. The highest BCUT2D eigenvalue weighted by molar-refractivity contribution is 5.94. The van der Waals surface area contributed by atoms with Crippen LogP contribution in [0.3, 0.4) is 0 Å². The SMILES string of the molecule is O=C(c1ccccc1)N1CCCC(Cn2ccc3cc(-c4cn[nH]c4)ncc32)CC1. The number of hydrogen-bond donors (Lipinski definition) is 1. The molecule has 1 N–H and O–H groups in total. The number of aromatic amines is 1. The van der Waals surface area contributed by atoms with E-state index in [1.807, 2.05) is 47.6 Å². The minimum Gasteiger partial charge on any atom is -0.346 e. The van der Waals surface area contributed by atoms with Gasteiger partial charge >= 0.3 is 0 Å². The number of benzene rings is 1. The fraction of sp³-hybridized carbons (Fsp3) is 0.292. The predicted molar refractivity (Wildman–Crippen MR) is 117 cm³/mol. The maximum atomic E-state index is 12.8. The first-order valence-corrected chi connectivity index (χ1v) is 10.6. The summed E-state index contributed by atoms with van der Waals surface area (Å²) in [7, 11) is 0. The first-order valence-electron chi connectivity index (χ1n) is 10.6. The van der Waals surface area contributed by atoms with E-state index < -0.39 is 0 Å². The minimum absolute atomic E-state index is 0.152. The van der Waals surface area contributed by atoms with Crippen LogP contribution in [0.1, 0.15) is 29.6 Å². The van der Waals surface area contributed by atoms with E-state index in [0.29, 0.717) is 5.92 Å². The Balaban J connectivity index is 1.27. The molecule has 0 saturated carbocycles. The number of pyridine rings is 1. The molecule has 30 heavy (non-hydrogen) atoms. The molecule has 3 aromatic heterocycles. The second-order valence-corrected chi connectivity index (χ2v) is 8.04. The zero-order valence-corrected chi connectivity index (χ0v) is 16.9. The van der Waals surface area contributed by atoms with E-state index in [4.69, 9.17) is 0 Å². The average molecular weight is 399 g/mol. The molecule has 1 fully saturated rings. The molecule has 1 amide bonds. The van der Waals surface area contributed by atoms with Crippen LogP contribution in [0.5, 0.6) is 0 Å². The van der Waals surface area contributed by atoms with Gasteiger partial charge in [0.25, 0.3) is 5.91 Å². The molecule has 152 valence electrons. The maximum absolute atomic E-state index is 12.8. The van der Waals surface area contributed by atoms with Crippen molar-refractivity contribution in [2.24, 2.45) is 5.92 Å². The lowest BCUT2D eigenvalue weighted by molar-refractivity contribution is 0.0759. The van der Waals surface area contributed by atoms with Crippen LogP contribution in [-0.2, 0) is 6.54 Å². The Hall–Kier alpha value is -3.41. The molecule has 1 saturated heterocycles. The van der Waals surface area contributed by atoms with Crippen LogP contribution in [0.15, 0.2) is 67.3 Å². The number of likely N-dealkylation sites (tertiary alicyclic amines) is 1. The summed E-state index contributed by atoms with van der Waals surface area (Å²) in [6.45, 7) is 2.62. The van der Waals surface area contributed by atoms with Crippen molar-refractivity contribution in [2.75, 3.05) is 13.1 Å². The third-order valence-electron chi connectivity index (χ3n) is 6.06. The van der Waals surface area contributed by atoms with E-state index in [1.165, 1.54) is 5.39 Å². The highest BCUT2D eigenvalue weighted by atomic mass is 16.2. The zero-order valence-electron chi connectivity index (χ0n) is 16.9. The minimum atomic E-state index is 0.152. The number of nitrogens with zero attached hydrogens (tertiary/aromatic N) is 4. The molecule has 5 rings (SSSR count). The Morgan fingerprint density at radius 1 is 1.10 bits per heavy atom. The highest BCUT2D eigenvalue weighted by Crippen LogP contribution is 2.26. The number of carbonyl (C=O) groups excluding carboxylic acids is 1. The Bertz CT molecular complexity index is 1130. The number of fused-ring (bicyclic) bond motifs is 1. The molecule has 0 aliphatic carbocycles. The van der Waals surface area contributed by atoms with Crippen molar-refractivity contribution < 1.29 is 4.79 Å². The van der Waals surface area contributed by atoms with E-state index in [1.54, 1.807) is 6.20 Å². The van der Waals surface area contributed by atoms with E-state index >= 15 is 0 Å². The zero-order chi connectivity index (χ0) is 20.3. The van der Waals surface area contributed by atoms with Gasteiger partial charge in [-0.25, -0.2) is 0 Å². The molecule has 1 aromatic carbocycles. The molecule has 4 heterocycles. The quantitative estimate of drug-likeness (QED) is 0.554. The second-order valence-electron chi connectivity index (χ2n) is 8.04. The maximum Gasteiger partial charge on any atom is 0.253 e. The van der Waals surface area contributed by atoms with Gasteiger partial charge in [0.15, 0.2) is 0 Å². The van der Waals surface area contributed by atoms with Crippen LogP contribution in [0.2, 0.25) is 0 Å². The first-order chi connectivity index (χ1) is 14.8. The summed E-state index contributed by atoms with van der Waals surface area (Å²) in [5.74, 6) is 0.710. The second kappa shape index (κ2) is 8.14. The van der Waals surface area contributed by atoms with Gasteiger partial charge in [-0.1, -0.05) is 18.2 Å². The fourth-order valence-electron chi connectivity index (χ4n) is 4.39.